The first-order valence-corrected chi connectivity index (χ1v) is 4.63. The summed E-state index contributed by atoms with van der Waals surface area (Å²) in [6, 6.07) is 11.1. The third-order valence-electron chi connectivity index (χ3n) is 1.93. The lowest BCUT2D eigenvalue weighted by molar-refractivity contribution is 0.455. The molecule has 0 atom stereocenters. The van der Waals surface area contributed by atoms with Crippen LogP contribution in [0.25, 0.3) is 0 Å². The molecule has 0 aliphatic heterocycles. The molecular formula is C11H11N3O. The first-order chi connectivity index (χ1) is 7.38. The van der Waals surface area contributed by atoms with Crippen LogP contribution in [-0.4, -0.2) is 10.2 Å². The summed E-state index contributed by atoms with van der Waals surface area (Å²) in [6.45, 7) is 0.533. The predicted octanol–water partition coefficient (Wildman–Crippen LogP) is 1.73. The molecule has 0 aliphatic carbocycles. The van der Waals surface area contributed by atoms with Gasteiger partial charge in [-0.2, -0.15) is 5.10 Å². The van der Waals surface area contributed by atoms with Gasteiger partial charge in [0.2, 0.25) is 5.88 Å². The second-order valence-corrected chi connectivity index (χ2v) is 3.01. The van der Waals surface area contributed by atoms with Gasteiger partial charge in [-0.15, -0.1) is 5.10 Å². The summed E-state index contributed by atoms with van der Waals surface area (Å²) in [5.41, 5.74) is 6.56. The average Bonchev–Trinajstić information content (AvgIpc) is 2.31. The summed E-state index contributed by atoms with van der Waals surface area (Å²) >= 11 is 0. The van der Waals surface area contributed by atoms with Crippen molar-refractivity contribution < 1.29 is 4.74 Å². The van der Waals surface area contributed by atoms with Crippen LogP contribution in [-0.2, 0) is 6.54 Å². The van der Waals surface area contributed by atoms with Crippen molar-refractivity contribution in [2.24, 2.45) is 5.73 Å². The fourth-order valence-corrected chi connectivity index (χ4v) is 1.16. The van der Waals surface area contributed by atoms with Gasteiger partial charge in [-0.3, -0.25) is 0 Å². The van der Waals surface area contributed by atoms with E-state index < -0.39 is 0 Å². The molecule has 15 heavy (non-hydrogen) atoms. The molecule has 0 fully saturated rings. The summed E-state index contributed by atoms with van der Waals surface area (Å²) in [7, 11) is 0. The van der Waals surface area contributed by atoms with E-state index in [0.717, 1.165) is 11.3 Å². The maximum Gasteiger partial charge on any atom is 0.238 e. The summed E-state index contributed by atoms with van der Waals surface area (Å²) in [5, 5.41) is 7.54. The number of aromatic nitrogens is 2. The lowest BCUT2D eigenvalue weighted by atomic mass is 10.2. The molecule has 4 heteroatoms. The first-order valence-electron chi connectivity index (χ1n) is 4.63. The number of hydrogen-bond acceptors (Lipinski definition) is 4. The number of benzene rings is 1. The van der Waals surface area contributed by atoms with Crippen LogP contribution in [0.5, 0.6) is 11.6 Å². The molecule has 2 aromatic rings. The number of hydrogen-bond donors (Lipinski definition) is 1. The predicted molar refractivity (Wildman–Crippen MR) is 56.4 cm³/mol. The molecule has 0 unspecified atom stereocenters. The SMILES string of the molecule is NCc1ccc(Oc2cccnn2)cc1. The van der Waals surface area contributed by atoms with Gasteiger partial charge in [0.25, 0.3) is 0 Å². The average molecular weight is 201 g/mol. The normalized spacial score (nSPS) is 9.93. The van der Waals surface area contributed by atoms with E-state index in [1.54, 1.807) is 18.3 Å². The second-order valence-electron chi connectivity index (χ2n) is 3.01. The van der Waals surface area contributed by atoms with E-state index in [1.165, 1.54) is 0 Å². The highest BCUT2D eigenvalue weighted by Gasteiger charge is 1.97. The smallest absolute Gasteiger partial charge is 0.238 e. The molecule has 1 aromatic carbocycles. The summed E-state index contributed by atoms with van der Waals surface area (Å²) < 4.78 is 5.46. The van der Waals surface area contributed by atoms with Gasteiger partial charge >= 0.3 is 0 Å². The Morgan fingerprint density at radius 1 is 1.13 bits per heavy atom. The molecular weight excluding hydrogens is 190 g/mol. The van der Waals surface area contributed by atoms with Crippen molar-refractivity contribution in [3.63, 3.8) is 0 Å². The Kier molecular flexibility index (Phi) is 2.90. The minimum Gasteiger partial charge on any atom is -0.438 e. The zero-order valence-corrected chi connectivity index (χ0v) is 8.13. The van der Waals surface area contributed by atoms with Gasteiger partial charge in [-0.25, -0.2) is 0 Å². The highest BCUT2D eigenvalue weighted by molar-refractivity contribution is 5.29. The lowest BCUT2D eigenvalue weighted by Crippen LogP contribution is -1.95. The van der Waals surface area contributed by atoms with Gasteiger partial charge in [0.05, 0.1) is 0 Å². The van der Waals surface area contributed by atoms with Gasteiger partial charge in [-0.05, 0) is 23.8 Å². The molecule has 1 heterocycles. The molecule has 0 aliphatic rings. The number of nitrogens with zero attached hydrogens (tertiary/aromatic N) is 2. The van der Waals surface area contributed by atoms with Gasteiger partial charge < -0.3 is 10.5 Å². The molecule has 0 bridgehead atoms. The summed E-state index contributed by atoms with van der Waals surface area (Å²) in [4.78, 5) is 0. The quantitative estimate of drug-likeness (QED) is 0.821. The van der Waals surface area contributed by atoms with Crippen molar-refractivity contribution in [2.45, 2.75) is 6.54 Å². The largest absolute Gasteiger partial charge is 0.438 e. The Morgan fingerprint density at radius 3 is 2.53 bits per heavy atom. The zero-order chi connectivity index (χ0) is 10.5. The van der Waals surface area contributed by atoms with E-state index in [2.05, 4.69) is 10.2 Å². The van der Waals surface area contributed by atoms with E-state index >= 15 is 0 Å². The van der Waals surface area contributed by atoms with Crippen molar-refractivity contribution >= 4 is 0 Å². The van der Waals surface area contributed by atoms with Crippen molar-refractivity contribution in [2.75, 3.05) is 0 Å². The van der Waals surface area contributed by atoms with Crippen molar-refractivity contribution in [1.82, 2.24) is 10.2 Å². The molecule has 0 radical (unpaired) electrons. The second kappa shape index (κ2) is 4.52. The first kappa shape index (κ1) is 9.61. The Hall–Kier alpha value is -1.94. The van der Waals surface area contributed by atoms with Crippen LogP contribution >= 0.6 is 0 Å². The Morgan fingerprint density at radius 2 is 1.93 bits per heavy atom. The zero-order valence-electron chi connectivity index (χ0n) is 8.13. The molecule has 2 rings (SSSR count). The van der Waals surface area contributed by atoms with Crippen molar-refractivity contribution in [3.05, 3.63) is 48.2 Å². The standard InChI is InChI=1S/C11H11N3O/c12-8-9-3-5-10(6-4-9)15-11-2-1-7-13-14-11/h1-7H,8,12H2. The maximum atomic E-state index is 5.49. The number of nitrogens with two attached hydrogens (primary N) is 1. The molecule has 76 valence electrons. The third kappa shape index (κ3) is 2.51. The van der Waals surface area contributed by atoms with E-state index in [0.29, 0.717) is 12.4 Å². The highest BCUT2D eigenvalue weighted by Crippen LogP contribution is 2.18. The Labute approximate surface area is 87.7 Å². The van der Waals surface area contributed by atoms with E-state index in [9.17, 15) is 0 Å². The van der Waals surface area contributed by atoms with Crippen LogP contribution in [0.4, 0.5) is 0 Å². The van der Waals surface area contributed by atoms with Crippen molar-refractivity contribution in [1.29, 1.82) is 0 Å². The summed E-state index contributed by atoms with van der Waals surface area (Å²) in [6.07, 6.45) is 1.60. The maximum absolute atomic E-state index is 5.49. The highest BCUT2D eigenvalue weighted by atomic mass is 16.5. The minimum absolute atomic E-state index is 0.484. The Balaban J connectivity index is 2.11. The number of ether oxygens (including phenoxy) is 1. The molecule has 4 nitrogen and oxygen atoms in total. The van der Waals surface area contributed by atoms with Crippen LogP contribution in [0.15, 0.2) is 42.6 Å². The molecule has 0 amide bonds. The Bertz CT molecular complexity index is 414. The molecule has 2 N–H and O–H groups in total. The molecule has 0 saturated carbocycles. The minimum atomic E-state index is 0.484. The van der Waals surface area contributed by atoms with Crippen LogP contribution in [0.1, 0.15) is 5.56 Å². The molecule has 0 saturated heterocycles. The van der Waals surface area contributed by atoms with Gasteiger partial charge in [0.15, 0.2) is 0 Å². The fourth-order valence-electron chi connectivity index (χ4n) is 1.16. The van der Waals surface area contributed by atoms with Crippen LogP contribution in [0.2, 0.25) is 0 Å². The van der Waals surface area contributed by atoms with Crippen LogP contribution < -0.4 is 10.5 Å². The number of rotatable bonds is 3. The topological polar surface area (TPSA) is 61.0 Å². The van der Waals surface area contributed by atoms with Crippen LogP contribution in [0.3, 0.4) is 0 Å². The third-order valence-corrected chi connectivity index (χ3v) is 1.93. The van der Waals surface area contributed by atoms with E-state index in [1.807, 2.05) is 24.3 Å². The van der Waals surface area contributed by atoms with E-state index in [-0.39, 0.29) is 0 Å². The monoisotopic (exact) mass is 201 g/mol. The lowest BCUT2D eigenvalue weighted by Gasteiger charge is -2.03. The van der Waals surface area contributed by atoms with Gasteiger partial charge in [0.1, 0.15) is 5.75 Å². The molecule has 0 spiro atoms. The van der Waals surface area contributed by atoms with E-state index in [4.69, 9.17) is 10.5 Å². The van der Waals surface area contributed by atoms with Crippen LogP contribution in [0, 0.1) is 0 Å². The molecule has 1 aromatic heterocycles. The van der Waals surface area contributed by atoms with Gasteiger partial charge in [-0.1, -0.05) is 12.1 Å². The fraction of sp³-hybridized carbons (Fsp3) is 0.0909. The van der Waals surface area contributed by atoms with Crippen molar-refractivity contribution in [3.8, 4) is 11.6 Å². The summed E-state index contributed by atoms with van der Waals surface area (Å²) in [5.74, 6) is 1.21. The van der Waals surface area contributed by atoms with Gasteiger partial charge in [0, 0.05) is 18.8 Å².